The Labute approximate surface area is 174 Å². The lowest BCUT2D eigenvalue weighted by molar-refractivity contribution is 0.201. The standard InChI is InChI=1S/C23H23ClN4O/c1-14-19(23(24)27(2)26-14)13-28-11-10-18-17-8-3-4-9-20(17)25-21(18)22(28)15-6-5-7-16(29)12-15/h3-9,12,22,25,29H,10-11,13H2,1-2H3/t22-/m0/s1. The van der Waals surface area contributed by atoms with E-state index in [2.05, 4.69) is 45.3 Å². The van der Waals surface area contributed by atoms with Gasteiger partial charge in [-0.15, -0.1) is 0 Å². The van der Waals surface area contributed by atoms with Crippen LogP contribution in [0.2, 0.25) is 5.15 Å². The molecule has 5 nitrogen and oxygen atoms in total. The van der Waals surface area contributed by atoms with Crippen molar-refractivity contribution in [2.24, 2.45) is 7.05 Å². The molecule has 0 saturated carbocycles. The molecule has 6 heteroatoms. The van der Waals surface area contributed by atoms with Gasteiger partial charge in [-0.05, 0) is 42.7 Å². The number of rotatable bonds is 3. The van der Waals surface area contributed by atoms with Crippen molar-refractivity contribution in [1.82, 2.24) is 19.7 Å². The van der Waals surface area contributed by atoms with Crippen molar-refractivity contribution in [3.8, 4) is 5.75 Å². The van der Waals surface area contributed by atoms with Crippen LogP contribution in [-0.2, 0) is 20.0 Å². The number of nitrogens with one attached hydrogen (secondary N) is 1. The molecule has 1 aliphatic heterocycles. The molecule has 1 atom stereocenters. The van der Waals surface area contributed by atoms with Crippen LogP contribution in [-0.4, -0.2) is 31.3 Å². The number of hydrogen-bond acceptors (Lipinski definition) is 3. The van der Waals surface area contributed by atoms with E-state index in [1.165, 1.54) is 16.6 Å². The van der Waals surface area contributed by atoms with Crippen LogP contribution in [0.4, 0.5) is 0 Å². The van der Waals surface area contributed by atoms with E-state index in [9.17, 15) is 5.11 Å². The van der Waals surface area contributed by atoms with Crippen LogP contribution in [0, 0.1) is 6.92 Å². The number of phenols is 1. The van der Waals surface area contributed by atoms with Gasteiger partial charge in [-0.25, -0.2) is 0 Å². The Hall–Kier alpha value is -2.76. The molecule has 0 fully saturated rings. The Morgan fingerprint density at radius 2 is 2.03 bits per heavy atom. The van der Waals surface area contributed by atoms with Crippen LogP contribution in [0.5, 0.6) is 5.75 Å². The first kappa shape index (κ1) is 18.3. The number of aryl methyl sites for hydroxylation is 2. The van der Waals surface area contributed by atoms with Crippen molar-refractivity contribution in [3.05, 3.63) is 81.8 Å². The number of halogens is 1. The predicted octanol–water partition coefficient (Wildman–Crippen LogP) is 4.72. The molecule has 2 N–H and O–H groups in total. The molecule has 1 aliphatic rings. The molecule has 0 unspecified atom stereocenters. The van der Waals surface area contributed by atoms with Gasteiger partial charge in [0.15, 0.2) is 0 Å². The average Bonchev–Trinajstić information content (AvgIpc) is 3.20. The molecule has 29 heavy (non-hydrogen) atoms. The lowest BCUT2D eigenvalue weighted by Gasteiger charge is -2.36. The smallest absolute Gasteiger partial charge is 0.131 e. The van der Waals surface area contributed by atoms with Gasteiger partial charge in [-0.2, -0.15) is 5.10 Å². The van der Waals surface area contributed by atoms with Crippen LogP contribution < -0.4 is 0 Å². The first-order chi connectivity index (χ1) is 14.0. The SMILES string of the molecule is Cc1nn(C)c(Cl)c1CN1CCc2c([nH]c3ccccc23)[C@@H]1c1cccc(O)c1. The number of aromatic amines is 1. The van der Waals surface area contributed by atoms with Crippen LogP contribution in [0.1, 0.15) is 34.1 Å². The highest BCUT2D eigenvalue weighted by Gasteiger charge is 2.32. The minimum absolute atomic E-state index is 0.00826. The van der Waals surface area contributed by atoms with Crippen molar-refractivity contribution >= 4 is 22.5 Å². The largest absolute Gasteiger partial charge is 0.508 e. The van der Waals surface area contributed by atoms with Gasteiger partial charge in [0.25, 0.3) is 0 Å². The second kappa shape index (κ2) is 6.94. The second-order valence-corrected chi connectivity index (χ2v) is 8.12. The number of para-hydroxylation sites is 1. The molecule has 0 aliphatic carbocycles. The van der Waals surface area contributed by atoms with Gasteiger partial charge in [0.05, 0.1) is 11.7 Å². The molecule has 0 radical (unpaired) electrons. The number of hydrogen-bond donors (Lipinski definition) is 2. The molecule has 0 amide bonds. The topological polar surface area (TPSA) is 57.1 Å². The summed E-state index contributed by atoms with van der Waals surface area (Å²) in [7, 11) is 1.87. The summed E-state index contributed by atoms with van der Waals surface area (Å²) in [5.41, 5.74) is 6.78. The van der Waals surface area contributed by atoms with E-state index in [-0.39, 0.29) is 11.8 Å². The quantitative estimate of drug-likeness (QED) is 0.517. The van der Waals surface area contributed by atoms with Crippen molar-refractivity contribution < 1.29 is 5.11 Å². The van der Waals surface area contributed by atoms with E-state index in [1.54, 1.807) is 10.7 Å². The molecule has 5 rings (SSSR count). The number of aromatic nitrogens is 3. The maximum atomic E-state index is 10.1. The molecule has 0 spiro atoms. The zero-order valence-electron chi connectivity index (χ0n) is 16.5. The highest BCUT2D eigenvalue weighted by molar-refractivity contribution is 6.30. The first-order valence-corrected chi connectivity index (χ1v) is 10.2. The van der Waals surface area contributed by atoms with E-state index in [4.69, 9.17) is 11.6 Å². The Kier molecular flexibility index (Phi) is 4.37. The van der Waals surface area contributed by atoms with Crippen LogP contribution >= 0.6 is 11.6 Å². The van der Waals surface area contributed by atoms with Crippen molar-refractivity contribution in [1.29, 1.82) is 0 Å². The minimum atomic E-state index is 0.00826. The van der Waals surface area contributed by atoms with Crippen molar-refractivity contribution in [2.45, 2.75) is 25.9 Å². The zero-order chi connectivity index (χ0) is 20.1. The van der Waals surface area contributed by atoms with Crippen LogP contribution in [0.25, 0.3) is 10.9 Å². The Balaban J connectivity index is 1.65. The third-order valence-corrected chi connectivity index (χ3v) is 6.42. The normalized spacial score (nSPS) is 17.0. The Morgan fingerprint density at radius 1 is 1.21 bits per heavy atom. The van der Waals surface area contributed by atoms with Crippen molar-refractivity contribution in [2.75, 3.05) is 6.54 Å². The van der Waals surface area contributed by atoms with Gasteiger partial charge in [-0.1, -0.05) is 41.9 Å². The fraction of sp³-hybridized carbons (Fsp3) is 0.261. The number of benzene rings is 2. The molecule has 0 bridgehead atoms. The summed E-state index contributed by atoms with van der Waals surface area (Å²) in [5.74, 6) is 0.279. The molecule has 3 heterocycles. The summed E-state index contributed by atoms with van der Waals surface area (Å²) in [6.07, 6.45) is 0.964. The molecule has 2 aromatic carbocycles. The zero-order valence-corrected chi connectivity index (χ0v) is 17.2. The molecule has 4 aromatic rings. The molecule has 2 aromatic heterocycles. The Morgan fingerprint density at radius 3 is 2.79 bits per heavy atom. The second-order valence-electron chi connectivity index (χ2n) is 7.76. The third kappa shape index (κ3) is 3.02. The number of aromatic hydroxyl groups is 1. The average molecular weight is 407 g/mol. The number of phenolic OH excluding ortho intramolecular Hbond substituents is 1. The predicted molar refractivity (Wildman–Crippen MR) is 115 cm³/mol. The van der Waals surface area contributed by atoms with Gasteiger partial charge >= 0.3 is 0 Å². The number of H-pyrrole nitrogens is 1. The lowest BCUT2D eigenvalue weighted by atomic mass is 9.92. The third-order valence-electron chi connectivity index (χ3n) is 5.95. The van der Waals surface area contributed by atoms with E-state index in [1.807, 2.05) is 26.1 Å². The summed E-state index contributed by atoms with van der Waals surface area (Å²) < 4.78 is 1.73. The lowest BCUT2D eigenvalue weighted by Crippen LogP contribution is -2.35. The number of fused-ring (bicyclic) bond motifs is 3. The van der Waals surface area contributed by atoms with Crippen LogP contribution in [0.3, 0.4) is 0 Å². The van der Waals surface area contributed by atoms with E-state index < -0.39 is 0 Å². The summed E-state index contributed by atoms with van der Waals surface area (Å²) >= 11 is 6.54. The monoisotopic (exact) mass is 406 g/mol. The molecular formula is C23H23ClN4O. The summed E-state index contributed by atoms with van der Waals surface area (Å²) in [5, 5.41) is 16.6. The minimum Gasteiger partial charge on any atom is -0.508 e. The van der Waals surface area contributed by atoms with Gasteiger partial charge in [0.2, 0.25) is 0 Å². The maximum Gasteiger partial charge on any atom is 0.131 e. The van der Waals surface area contributed by atoms with Gasteiger partial charge in [0, 0.05) is 42.3 Å². The summed E-state index contributed by atoms with van der Waals surface area (Å²) in [6, 6.07) is 16.0. The van der Waals surface area contributed by atoms with E-state index in [0.29, 0.717) is 11.7 Å². The first-order valence-electron chi connectivity index (χ1n) is 9.83. The fourth-order valence-electron chi connectivity index (χ4n) is 4.59. The summed E-state index contributed by atoms with van der Waals surface area (Å²) in [6.45, 7) is 3.61. The number of nitrogens with zero attached hydrogens (tertiary/aromatic N) is 3. The van der Waals surface area contributed by atoms with Gasteiger partial charge in [0.1, 0.15) is 10.9 Å². The highest BCUT2D eigenvalue weighted by atomic mass is 35.5. The van der Waals surface area contributed by atoms with E-state index in [0.717, 1.165) is 35.3 Å². The van der Waals surface area contributed by atoms with Gasteiger partial charge in [-0.3, -0.25) is 9.58 Å². The molecule has 0 saturated heterocycles. The summed E-state index contributed by atoms with van der Waals surface area (Å²) in [4.78, 5) is 6.08. The maximum absolute atomic E-state index is 10.1. The van der Waals surface area contributed by atoms with Gasteiger partial charge < -0.3 is 10.1 Å². The Bertz CT molecular complexity index is 1210. The fourth-order valence-corrected chi connectivity index (χ4v) is 4.82. The molecular weight excluding hydrogens is 384 g/mol. The van der Waals surface area contributed by atoms with Crippen LogP contribution in [0.15, 0.2) is 48.5 Å². The van der Waals surface area contributed by atoms with E-state index >= 15 is 0 Å². The highest BCUT2D eigenvalue weighted by Crippen LogP contribution is 2.40. The van der Waals surface area contributed by atoms with Crippen molar-refractivity contribution in [3.63, 3.8) is 0 Å². The molecule has 148 valence electrons.